The Kier molecular flexibility index (Phi) is 3.87. The van der Waals surface area contributed by atoms with Gasteiger partial charge in [-0.05, 0) is 18.8 Å². The molecule has 1 aliphatic heterocycles. The summed E-state index contributed by atoms with van der Waals surface area (Å²) >= 11 is 0. The van der Waals surface area contributed by atoms with Crippen LogP contribution in [0.1, 0.15) is 38.2 Å². The summed E-state index contributed by atoms with van der Waals surface area (Å²) in [5, 5.41) is 2.71. The van der Waals surface area contributed by atoms with Crippen LogP contribution in [0.5, 0.6) is 0 Å². The van der Waals surface area contributed by atoms with Gasteiger partial charge in [-0.1, -0.05) is 13.8 Å². The molecule has 0 aliphatic carbocycles. The molecule has 1 atom stereocenters. The number of anilines is 2. The Morgan fingerprint density at radius 3 is 2.89 bits per heavy atom. The van der Waals surface area contributed by atoms with E-state index >= 15 is 0 Å². The molecular weight excluding hydrogens is 242 g/mol. The van der Waals surface area contributed by atoms with Crippen LogP contribution in [-0.2, 0) is 4.79 Å². The van der Waals surface area contributed by atoms with E-state index in [1.807, 2.05) is 4.90 Å². The molecule has 1 aromatic heterocycles. The van der Waals surface area contributed by atoms with Crippen molar-refractivity contribution in [1.82, 2.24) is 15.3 Å². The molecule has 6 heteroatoms. The molecule has 1 unspecified atom stereocenters. The van der Waals surface area contributed by atoms with Crippen LogP contribution in [0.4, 0.5) is 11.6 Å². The lowest BCUT2D eigenvalue weighted by atomic mass is 10.0. The Bertz CT molecular complexity index is 474. The minimum absolute atomic E-state index is 0.0318. The van der Waals surface area contributed by atoms with Crippen molar-refractivity contribution in [1.29, 1.82) is 0 Å². The van der Waals surface area contributed by atoms with Gasteiger partial charge in [0.1, 0.15) is 24.0 Å². The van der Waals surface area contributed by atoms with Gasteiger partial charge in [0.25, 0.3) is 0 Å². The van der Waals surface area contributed by atoms with Gasteiger partial charge in [0, 0.05) is 19.2 Å². The van der Waals surface area contributed by atoms with E-state index in [-0.39, 0.29) is 17.9 Å². The Labute approximate surface area is 113 Å². The number of nitrogens with two attached hydrogens (primary N) is 1. The smallest absolute Gasteiger partial charge is 0.242 e. The number of carbonyl (C=O) groups is 1. The van der Waals surface area contributed by atoms with Gasteiger partial charge in [-0.25, -0.2) is 9.97 Å². The van der Waals surface area contributed by atoms with E-state index in [9.17, 15) is 4.79 Å². The molecule has 6 nitrogen and oxygen atoms in total. The first-order valence-corrected chi connectivity index (χ1v) is 6.64. The zero-order valence-electron chi connectivity index (χ0n) is 11.7. The molecule has 2 heterocycles. The third kappa shape index (κ3) is 2.47. The highest BCUT2D eigenvalue weighted by molar-refractivity contribution is 5.85. The molecular formula is C13H21N5O. The molecule has 3 N–H and O–H groups in total. The summed E-state index contributed by atoms with van der Waals surface area (Å²) in [6.07, 6.45) is 3.30. The van der Waals surface area contributed by atoms with Crippen molar-refractivity contribution in [2.75, 3.05) is 24.2 Å². The highest BCUT2D eigenvalue weighted by Gasteiger charge is 2.33. The maximum atomic E-state index is 11.9. The zero-order valence-corrected chi connectivity index (χ0v) is 11.7. The molecule has 2 rings (SSSR count). The summed E-state index contributed by atoms with van der Waals surface area (Å²) in [6, 6.07) is -0.156. The van der Waals surface area contributed by atoms with E-state index in [0.29, 0.717) is 5.82 Å². The van der Waals surface area contributed by atoms with Gasteiger partial charge < -0.3 is 16.0 Å². The van der Waals surface area contributed by atoms with Crippen LogP contribution in [0.3, 0.4) is 0 Å². The van der Waals surface area contributed by atoms with E-state index in [0.717, 1.165) is 30.8 Å². The van der Waals surface area contributed by atoms with Gasteiger partial charge in [-0.3, -0.25) is 4.79 Å². The number of aromatic nitrogens is 2. The summed E-state index contributed by atoms with van der Waals surface area (Å²) in [5.41, 5.74) is 6.89. The van der Waals surface area contributed by atoms with Gasteiger partial charge in [0.05, 0.1) is 0 Å². The van der Waals surface area contributed by atoms with E-state index in [1.54, 1.807) is 7.05 Å². The van der Waals surface area contributed by atoms with E-state index < -0.39 is 0 Å². The normalized spacial score (nSPS) is 18.9. The maximum Gasteiger partial charge on any atom is 0.242 e. The maximum absolute atomic E-state index is 11.9. The molecule has 0 saturated carbocycles. The monoisotopic (exact) mass is 263 g/mol. The van der Waals surface area contributed by atoms with Crippen molar-refractivity contribution < 1.29 is 4.79 Å². The van der Waals surface area contributed by atoms with E-state index in [2.05, 4.69) is 29.1 Å². The van der Waals surface area contributed by atoms with Crippen LogP contribution in [0.2, 0.25) is 0 Å². The molecule has 1 aromatic rings. The first-order chi connectivity index (χ1) is 9.06. The van der Waals surface area contributed by atoms with Crippen molar-refractivity contribution in [3.05, 3.63) is 11.9 Å². The van der Waals surface area contributed by atoms with Crippen LogP contribution in [0, 0.1) is 0 Å². The van der Waals surface area contributed by atoms with E-state index in [1.165, 1.54) is 6.33 Å². The fourth-order valence-corrected chi connectivity index (χ4v) is 2.64. The topological polar surface area (TPSA) is 84.1 Å². The molecule has 1 aliphatic rings. The van der Waals surface area contributed by atoms with Gasteiger partial charge in [0.15, 0.2) is 0 Å². The number of carbonyl (C=O) groups excluding carboxylic acids is 1. The standard InChI is InChI=1S/C13H21N5O/c1-8(2)10-11(14)16-7-17-12(10)18-6-4-5-9(18)13(19)15-3/h7-9H,4-6H2,1-3H3,(H,15,19)(H2,14,16,17). The number of likely N-dealkylation sites (N-methyl/N-ethyl adjacent to an activating group) is 1. The minimum Gasteiger partial charge on any atom is -0.383 e. The molecule has 1 saturated heterocycles. The molecule has 19 heavy (non-hydrogen) atoms. The number of nitrogen functional groups attached to an aromatic ring is 1. The molecule has 1 fully saturated rings. The summed E-state index contributed by atoms with van der Waals surface area (Å²) in [5.74, 6) is 1.56. The molecule has 0 aromatic carbocycles. The Balaban J connectivity index is 2.41. The van der Waals surface area contributed by atoms with Crippen molar-refractivity contribution in [3.63, 3.8) is 0 Å². The van der Waals surface area contributed by atoms with Crippen molar-refractivity contribution >= 4 is 17.5 Å². The second kappa shape index (κ2) is 5.42. The highest BCUT2D eigenvalue weighted by atomic mass is 16.2. The number of rotatable bonds is 3. The summed E-state index contributed by atoms with van der Waals surface area (Å²) in [6.45, 7) is 4.95. The number of hydrogen-bond donors (Lipinski definition) is 2. The number of nitrogens with one attached hydrogen (secondary N) is 1. The summed E-state index contributed by atoms with van der Waals surface area (Å²) in [7, 11) is 1.66. The number of nitrogens with zero attached hydrogens (tertiary/aromatic N) is 3. The van der Waals surface area contributed by atoms with Crippen molar-refractivity contribution in [2.45, 2.75) is 38.6 Å². The van der Waals surface area contributed by atoms with Gasteiger partial charge in [-0.2, -0.15) is 0 Å². The van der Waals surface area contributed by atoms with Crippen LogP contribution in [0.15, 0.2) is 6.33 Å². The van der Waals surface area contributed by atoms with Gasteiger partial charge >= 0.3 is 0 Å². The lowest BCUT2D eigenvalue weighted by Gasteiger charge is -2.27. The molecule has 0 radical (unpaired) electrons. The van der Waals surface area contributed by atoms with Crippen molar-refractivity contribution in [2.24, 2.45) is 0 Å². The van der Waals surface area contributed by atoms with E-state index in [4.69, 9.17) is 5.73 Å². The average Bonchev–Trinajstić information content (AvgIpc) is 2.86. The lowest BCUT2D eigenvalue weighted by Crippen LogP contribution is -2.42. The van der Waals surface area contributed by atoms with Crippen LogP contribution < -0.4 is 16.0 Å². The predicted molar refractivity (Wildman–Crippen MR) is 75.0 cm³/mol. The third-order valence-corrected chi connectivity index (χ3v) is 3.54. The van der Waals surface area contributed by atoms with Crippen molar-refractivity contribution in [3.8, 4) is 0 Å². The number of amides is 1. The molecule has 104 valence electrons. The van der Waals surface area contributed by atoms with Crippen LogP contribution in [-0.4, -0.2) is 35.5 Å². The highest BCUT2D eigenvalue weighted by Crippen LogP contribution is 2.33. The third-order valence-electron chi connectivity index (χ3n) is 3.54. The Morgan fingerprint density at radius 1 is 1.53 bits per heavy atom. The lowest BCUT2D eigenvalue weighted by molar-refractivity contribution is -0.121. The minimum atomic E-state index is -0.156. The Morgan fingerprint density at radius 2 is 2.26 bits per heavy atom. The van der Waals surface area contributed by atoms with Crippen LogP contribution >= 0.6 is 0 Å². The second-order valence-electron chi connectivity index (χ2n) is 5.12. The first kappa shape index (κ1) is 13.6. The second-order valence-corrected chi connectivity index (χ2v) is 5.12. The van der Waals surface area contributed by atoms with Gasteiger partial charge in [-0.15, -0.1) is 0 Å². The molecule has 1 amide bonds. The van der Waals surface area contributed by atoms with Crippen LogP contribution in [0.25, 0.3) is 0 Å². The first-order valence-electron chi connectivity index (χ1n) is 6.64. The quantitative estimate of drug-likeness (QED) is 0.846. The largest absolute Gasteiger partial charge is 0.383 e. The predicted octanol–water partition coefficient (Wildman–Crippen LogP) is 0.897. The fraction of sp³-hybridized carbons (Fsp3) is 0.615. The molecule has 0 bridgehead atoms. The summed E-state index contributed by atoms with van der Waals surface area (Å²) < 4.78 is 0. The molecule has 0 spiro atoms. The summed E-state index contributed by atoms with van der Waals surface area (Å²) in [4.78, 5) is 22.4. The average molecular weight is 263 g/mol. The number of hydrogen-bond acceptors (Lipinski definition) is 5. The SMILES string of the molecule is CNC(=O)C1CCCN1c1ncnc(N)c1C(C)C. The van der Waals surface area contributed by atoms with Gasteiger partial charge in [0.2, 0.25) is 5.91 Å². The zero-order chi connectivity index (χ0) is 14.0. The fourth-order valence-electron chi connectivity index (χ4n) is 2.64. The Hall–Kier alpha value is -1.85.